The maximum atomic E-state index is 13.8. The van der Waals surface area contributed by atoms with Gasteiger partial charge in [0.15, 0.2) is 5.58 Å². The summed E-state index contributed by atoms with van der Waals surface area (Å²) in [5, 5.41) is 2.97. The van der Waals surface area contributed by atoms with Crippen molar-refractivity contribution in [2.75, 3.05) is 24.7 Å². The fraction of sp³-hybridized carbons (Fsp3) is 0.379. The number of carbonyl (C=O) groups is 1. The van der Waals surface area contributed by atoms with E-state index in [1.165, 1.54) is 0 Å². The zero-order valence-electron chi connectivity index (χ0n) is 22.3. The third kappa shape index (κ3) is 4.93. The number of nitrogens with one attached hydrogen (secondary N) is 2. The zero-order chi connectivity index (χ0) is 26.8. The summed E-state index contributed by atoms with van der Waals surface area (Å²) < 4.78 is 11.8. The van der Waals surface area contributed by atoms with Gasteiger partial charge < -0.3 is 24.4 Å². The van der Waals surface area contributed by atoms with Crippen molar-refractivity contribution in [3.05, 3.63) is 75.0 Å². The van der Waals surface area contributed by atoms with E-state index in [2.05, 4.69) is 27.1 Å². The van der Waals surface area contributed by atoms with Gasteiger partial charge >= 0.3 is 0 Å². The Morgan fingerprint density at radius 2 is 1.89 bits per heavy atom. The van der Waals surface area contributed by atoms with Crippen LogP contribution >= 0.6 is 0 Å². The number of H-pyrrole nitrogens is 1. The number of fused-ring (bicyclic) bond motifs is 1. The number of ether oxygens (including phenoxy) is 1. The van der Waals surface area contributed by atoms with E-state index in [1.54, 1.807) is 12.4 Å². The highest BCUT2D eigenvalue weighted by molar-refractivity contribution is 6.08. The molecule has 1 saturated heterocycles. The van der Waals surface area contributed by atoms with Crippen LogP contribution in [0.15, 0.2) is 45.9 Å². The molecule has 0 bridgehead atoms. The van der Waals surface area contributed by atoms with E-state index in [-0.39, 0.29) is 18.0 Å². The molecular formula is C29H33N5O4. The lowest BCUT2D eigenvalue weighted by Crippen LogP contribution is -2.40. The Morgan fingerprint density at radius 1 is 1.16 bits per heavy atom. The molecule has 1 aliphatic rings. The highest BCUT2D eigenvalue weighted by Gasteiger charge is 2.27. The largest absolute Gasteiger partial charge is 0.436 e. The molecule has 9 nitrogen and oxygen atoms in total. The van der Waals surface area contributed by atoms with Gasteiger partial charge in [-0.15, -0.1) is 0 Å². The van der Waals surface area contributed by atoms with Crippen molar-refractivity contribution in [3.63, 3.8) is 0 Å². The second-order valence-corrected chi connectivity index (χ2v) is 9.75. The Kier molecular flexibility index (Phi) is 7.28. The lowest BCUT2D eigenvalue weighted by Gasteiger charge is -2.36. The van der Waals surface area contributed by atoms with Gasteiger partial charge in [-0.1, -0.05) is 0 Å². The van der Waals surface area contributed by atoms with Gasteiger partial charge in [0.2, 0.25) is 5.89 Å². The number of aromatic amines is 1. The Labute approximate surface area is 221 Å². The molecule has 0 saturated carbocycles. The number of amides is 1. The smallest absolute Gasteiger partial charge is 0.254 e. The van der Waals surface area contributed by atoms with Crippen LogP contribution in [0.4, 0.5) is 5.69 Å². The molecular weight excluding hydrogens is 482 g/mol. The maximum Gasteiger partial charge on any atom is 0.254 e. The van der Waals surface area contributed by atoms with Gasteiger partial charge in [0, 0.05) is 73.3 Å². The summed E-state index contributed by atoms with van der Waals surface area (Å²) >= 11 is 0. The van der Waals surface area contributed by atoms with Crippen molar-refractivity contribution in [2.45, 2.75) is 53.1 Å². The molecule has 198 valence electrons. The van der Waals surface area contributed by atoms with Crippen LogP contribution in [-0.2, 0) is 11.3 Å². The molecule has 9 heteroatoms. The summed E-state index contributed by atoms with van der Waals surface area (Å²) in [4.78, 5) is 40.3. The predicted molar refractivity (Wildman–Crippen MR) is 147 cm³/mol. The van der Waals surface area contributed by atoms with Gasteiger partial charge in [-0.25, -0.2) is 4.98 Å². The molecule has 0 spiro atoms. The third-order valence-electron chi connectivity index (χ3n) is 7.27. The van der Waals surface area contributed by atoms with Gasteiger partial charge in [-0.2, -0.15) is 0 Å². The predicted octanol–water partition coefficient (Wildman–Crippen LogP) is 4.44. The molecule has 38 heavy (non-hydrogen) atoms. The lowest BCUT2D eigenvalue weighted by atomic mass is 9.99. The van der Waals surface area contributed by atoms with Gasteiger partial charge in [0.05, 0.1) is 5.56 Å². The van der Waals surface area contributed by atoms with Crippen LogP contribution < -0.4 is 15.8 Å². The van der Waals surface area contributed by atoms with E-state index in [9.17, 15) is 9.59 Å². The van der Waals surface area contributed by atoms with Crippen LogP contribution in [0.1, 0.15) is 52.5 Å². The number of hydrogen-bond acceptors (Lipinski definition) is 7. The molecule has 1 fully saturated rings. The summed E-state index contributed by atoms with van der Waals surface area (Å²) in [5.74, 6) is 0.124. The third-order valence-corrected chi connectivity index (χ3v) is 7.27. The highest BCUT2D eigenvalue weighted by Crippen LogP contribution is 2.36. The standard InChI is InChI=1S/C29H33N5O4/c1-5-34(21-8-12-37-13-9-21)23-15-24-26(33-29(38-24)20-6-10-30-11-7-20)25(19(23)4)28(36)31-16-22-17(2)14-18(3)32-27(22)35/h6-7,10-11,14-15,21H,5,8-9,12-13,16H2,1-4H3,(H,31,36)(H,32,35). The average molecular weight is 516 g/mol. The Morgan fingerprint density at radius 3 is 2.58 bits per heavy atom. The Balaban J connectivity index is 1.59. The van der Waals surface area contributed by atoms with Gasteiger partial charge in [0.25, 0.3) is 11.5 Å². The number of aromatic nitrogens is 3. The van der Waals surface area contributed by atoms with E-state index >= 15 is 0 Å². The lowest BCUT2D eigenvalue weighted by molar-refractivity contribution is 0.0846. The number of hydrogen-bond donors (Lipinski definition) is 2. The molecule has 4 aromatic rings. The van der Waals surface area contributed by atoms with Crippen molar-refractivity contribution in [2.24, 2.45) is 0 Å². The summed E-state index contributed by atoms with van der Waals surface area (Å²) in [5.41, 5.74) is 5.98. The first-order valence-corrected chi connectivity index (χ1v) is 13.0. The monoisotopic (exact) mass is 515 g/mol. The van der Waals surface area contributed by atoms with Crippen LogP contribution in [0.5, 0.6) is 0 Å². The van der Waals surface area contributed by atoms with Crippen LogP contribution in [-0.4, -0.2) is 46.7 Å². The fourth-order valence-corrected chi connectivity index (χ4v) is 5.32. The Hall–Kier alpha value is -3.98. The maximum absolute atomic E-state index is 13.8. The number of nitrogens with zero attached hydrogens (tertiary/aromatic N) is 3. The molecule has 4 heterocycles. The molecule has 0 radical (unpaired) electrons. The van der Waals surface area contributed by atoms with Crippen molar-refractivity contribution < 1.29 is 13.9 Å². The molecule has 0 unspecified atom stereocenters. The van der Waals surface area contributed by atoms with Crippen LogP contribution in [0.3, 0.4) is 0 Å². The fourth-order valence-electron chi connectivity index (χ4n) is 5.32. The summed E-state index contributed by atoms with van der Waals surface area (Å²) in [6, 6.07) is 7.85. The van der Waals surface area contributed by atoms with E-state index < -0.39 is 0 Å². The Bertz CT molecular complexity index is 1520. The van der Waals surface area contributed by atoms with Crippen molar-refractivity contribution in [1.29, 1.82) is 0 Å². The summed E-state index contributed by atoms with van der Waals surface area (Å²) in [6.45, 7) is 10.1. The zero-order valence-corrected chi connectivity index (χ0v) is 22.3. The van der Waals surface area contributed by atoms with Gasteiger partial charge in [0.1, 0.15) is 5.52 Å². The number of benzene rings is 1. The second-order valence-electron chi connectivity index (χ2n) is 9.75. The van der Waals surface area contributed by atoms with Gasteiger partial charge in [-0.05, 0) is 69.9 Å². The van der Waals surface area contributed by atoms with E-state index in [1.807, 2.05) is 45.0 Å². The quantitative estimate of drug-likeness (QED) is 0.374. The minimum absolute atomic E-state index is 0.109. The minimum atomic E-state index is -0.300. The number of rotatable bonds is 7. The van der Waals surface area contributed by atoms with Crippen LogP contribution in [0, 0.1) is 20.8 Å². The molecule has 0 atom stereocenters. The second kappa shape index (κ2) is 10.8. The first kappa shape index (κ1) is 25.7. The number of carbonyl (C=O) groups excluding carboxylic acids is 1. The number of oxazole rings is 1. The molecule has 1 amide bonds. The molecule has 3 aromatic heterocycles. The molecule has 5 rings (SSSR count). The van der Waals surface area contributed by atoms with E-state index in [0.717, 1.165) is 60.7 Å². The molecule has 1 aliphatic heterocycles. The van der Waals surface area contributed by atoms with Crippen molar-refractivity contribution in [3.8, 4) is 11.5 Å². The molecule has 0 aliphatic carbocycles. The van der Waals surface area contributed by atoms with Crippen LogP contribution in [0.25, 0.3) is 22.6 Å². The first-order valence-electron chi connectivity index (χ1n) is 13.0. The molecule has 2 N–H and O–H groups in total. The van der Waals surface area contributed by atoms with Gasteiger partial charge in [-0.3, -0.25) is 14.6 Å². The van der Waals surface area contributed by atoms with E-state index in [0.29, 0.717) is 34.2 Å². The number of aryl methyl sites for hydroxylation is 2. The molecule has 1 aromatic carbocycles. The number of pyridine rings is 2. The van der Waals surface area contributed by atoms with Crippen molar-refractivity contribution in [1.82, 2.24) is 20.3 Å². The van der Waals surface area contributed by atoms with Crippen molar-refractivity contribution >= 4 is 22.7 Å². The SMILES string of the molecule is CCN(c1cc2oc(-c3ccncc3)nc2c(C(=O)NCc2c(C)cc(C)[nH]c2=O)c1C)C1CCOCC1. The highest BCUT2D eigenvalue weighted by atomic mass is 16.5. The first-order chi connectivity index (χ1) is 18.4. The van der Waals surface area contributed by atoms with E-state index in [4.69, 9.17) is 14.1 Å². The average Bonchev–Trinajstić information content (AvgIpc) is 3.33. The normalized spacial score (nSPS) is 14.1. The number of anilines is 1. The topological polar surface area (TPSA) is 113 Å². The summed E-state index contributed by atoms with van der Waals surface area (Å²) in [7, 11) is 0. The minimum Gasteiger partial charge on any atom is -0.436 e. The summed E-state index contributed by atoms with van der Waals surface area (Å²) in [6.07, 6.45) is 5.20. The van der Waals surface area contributed by atoms with Crippen LogP contribution in [0.2, 0.25) is 0 Å².